The minimum absolute atomic E-state index is 0.00901. The monoisotopic (exact) mass is 457 g/mol. The summed E-state index contributed by atoms with van der Waals surface area (Å²) >= 11 is 0. The molecule has 2 aliphatic rings. The lowest BCUT2D eigenvalue weighted by atomic mass is 10.2. The molecule has 2 amide bonds. The molecule has 2 aliphatic heterocycles. The average Bonchev–Trinajstić information content (AvgIpc) is 2.80. The number of benzene rings is 2. The van der Waals surface area contributed by atoms with Crippen LogP contribution in [-0.4, -0.2) is 82.3 Å². The molecule has 10 heteroatoms. The van der Waals surface area contributed by atoms with Crippen molar-refractivity contribution < 1.29 is 18.0 Å². The van der Waals surface area contributed by atoms with Crippen LogP contribution in [0.15, 0.2) is 53.4 Å². The van der Waals surface area contributed by atoms with Crippen LogP contribution in [0.5, 0.6) is 0 Å². The van der Waals surface area contributed by atoms with Gasteiger partial charge in [0.15, 0.2) is 0 Å². The predicted molar refractivity (Wildman–Crippen MR) is 122 cm³/mol. The summed E-state index contributed by atoms with van der Waals surface area (Å²) in [5, 5.41) is 5.43. The van der Waals surface area contributed by atoms with Crippen LogP contribution in [0, 0.1) is 0 Å². The van der Waals surface area contributed by atoms with Crippen molar-refractivity contribution in [2.24, 2.45) is 0 Å². The zero-order valence-electron chi connectivity index (χ0n) is 18.0. The van der Waals surface area contributed by atoms with Gasteiger partial charge in [0.05, 0.1) is 11.4 Å². The highest BCUT2D eigenvalue weighted by Gasteiger charge is 2.29. The maximum atomic E-state index is 12.9. The van der Waals surface area contributed by atoms with Gasteiger partial charge in [-0.25, -0.2) is 8.42 Å². The van der Waals surface area contributed by atoms with Crippen molar-refractivity contribution in [2.45, 2.75) is 4.90 Å². The average molecular weight is 458 g/mol. The molecule has 2 saturated heterocycles. The van der Waals surface area contributed by atoms with Crippen LogP contribution in [0.2, 0.25) is 0 Å². The Morgan fingerprint density at radius 3 is 2.41 bits per heavy atom. The molecule has 2 aromatic carbocycles. The molecule has 0 atom stereocenters. The van der Waals surface area contributed by atoms with Crippen LogP contribution >= 0.6 is 0 Å². The van der Waals surface area contributed by atoms with E-state index in [1.807, 2.05) is 24.3 Å². The minimum atomic E-state index is -3.86. The summed E-state index contributed by atoms with van der Waals surface area (Å²) in [5.41, 5.74) is 1.97. The first kappa shape index (κ1) is 22.3. The first-order valence-corrected chi connectivity index (χ1v) is 12.0. The molecule has 0 radical (unpaired) electrons. The topological polar surface area (TPSA) is 102 Å². The summed E-state index contributed by atoms with van der Waals surface area (Å²) in [4.78, 5) is 28.9. The summed E-state index contributed by atoms with van der Waals surface area (Å²) in [6.07, 6.45) is 0. The van der Waals surface area contributed by atoms with E-state index in [2.05, 4.69) is 27.5 Å². The number of carbonyl (C=O) groups excluding carboxylic acids is 2. The van der Waals surface area contributed by atoms with E-state index in [1.165, 1.54) is 18.2 Å². The molecule has 9 nitrogen and oxygen atoms in total. The van der Waals surface area contributed by atoms with Gasteiger partial charge in [-0.2, -0.15) is 4.31 Å². The van der Waals surface area contributed by atoms with Gasteiger partial charge in [0.25, 0.3) is 5.91 Å². The summed E-state index contributed by atoms with van der Waals surface area (Å²) in [5.74, 6) is -0.737. The van der Waals surface area contributed by atoms with Gasteiger partial charge in [-0.1, -0.05) is 6.07 Å². The molecule has 2 aromatic rings. The Hall–Kier alpha value is -2.95. The number of amides is 2. The highest BCUT2D eigenvalue weighted by molar-refractivity contribution is 7.89. The fourth-order valence-corrected chi connectivity index (χ4v) is 5.23. The number of hydrogen-bond donors (Lipinski definition) is 2. The number of sulfonamides is 1. The van der Waals surface area contributed by atoms with E-state index in [1.54, 1.807) is 6.07 Å². The van der Waals surface area contributed by atoms with Gasteiger partial charge in [0, 0.05) is 56.2 Å². The molecule has 0 unspecified atom stereocenters. The third kappa shape index (κ3) is 4.93. The normalized spacial score (nSPS) is 18.3. The highest BCUT2D eigenvalue weighted by Crippen LogP contribution is 2.21. The molecule has 0 aliphatic carbocycles. The molecule has 0 saturated carbocycles. The zero-order chi connectivity index (χ0) is 22.7. The largest absolute Gasteiger partial charge is 0.369 e. The summed E-state index contributed by atoms with van der Waals surface area (Å²) < 4.78 is 26.9. The SMILES string of the molecule is CN1CCN(c2ccc(NC(=O)c3cccc(S(=O)(=O)N4CCNC(=O)C4)c3)cc2)CC1. The lowest BCUT2D eigenvalue weighted by molar-refractivity contribution is -0.122. The van der Waals surface area contributed by atoms with E-state index in [-0.39, 0.29) is 36.0 Å². The minimum Gasteiger partial charge on any atom is -0.369 e. The second-order valence-electron chi connectivity index (χ2n) is 8.01. The number of anilines is 2. The van der Waals surface area contributed by atoms with Crippen molar-refractivity contribution in [1.29, 1.82) is 0 Å². The van der Waals surface area contributed by atoms with Crippen LogP contribution in [0.1, 0.15) is 10.4 Å². The van der Waals surface area contributed by atoms with Gasteiger partial charge in [-0.15, -0.1) is 0 Å². The number of rotatable bonds is 5. The molecule has 0 aromatic heterocycles. The van der Waals surface area contributed by atoms with Gasteiger partial charge in [-0.3, -0.25) is 9.59 Å². The zero-order valence-corrected chi connectivity index (χ0v) is 18.8. The Labute approximate surface area is 188 Å². The second kappa shape index (κ2) is 9.27. The molecule has 170 valence electrons. The third-order valence-corrected chi connectivity index (χ3v) is 7.57. The molecule has 0 spiro atoms. The number of likely N-dealkylation sites (N-methyl/N-ethyl adjacent to an activating group) is 1. The smallest absolute Gasteiger partial charge is 0.255 e. The first-order chi connectivity index (χ1) is 15.3. The van der Waals surface area contributed by atoms with Gasteiger partial charge < -0.3 is 20.4 Å². The Kier molecular flexibility index (Phi) is 6.45. The fraction of sp³-hybridized carbons (Fsp3) is 0.364. The Morgan fingerprint density at radius 1 is 1.00 bits per heavy atom. The van der Waals surface area contributed by atoms with Crippen LogP contribution in [-0.2, 0) is 14.8 Å². The van der Waals surface area contributed by atoms with Crippen molar-refractivity contribution in [1.82, 2.24) is 14.5 Å². The fourth-order valence-electron chi connectivity index (χ4n) is 3.79. The van der Waals surface area contributed by atoms with Crippen molar-refractivity contribution >= 4 is 33.2 Å². The van der Waals surface area contributed by atoms with Crippen molar-refractivity contribution in [3.63, 3.8) is 0 Å². The van der Waals surface area contributed by atoms with Crippen molar-refractivity contribution in [2.75, 3.05) is 63.1 Å². The molecule has 2 fully saturated rings. The Morgan fingerprint density at radius 2 is 1.72 bits per heavy atom. The quantitative estimate of drug-likeness (QED) is 0.689. The van der Waals surface area contributed by atoms with Crippen LogP contribution in [0.25, 0.3) is 0 Å². The second-order valence-corrected chi connectivity index (χ2v) is 9.95. The third-order valence-electron chi connectivity index (χ3n) is 5.73. The first-order valence-electron chi connectivity index (χ1n) is 10.5. The van der Waals surface area contributed by atoms with Gasteiger partial charge in [-0.05, 0) is 49.5 Å². The molecule has 0 bridgehead atoms. The van der Waals surface area contributed by atoms with Gasteiger partial charge in [0.1, 0.15) is 0 Å². The van der Waals surface area contributed by atoms with E-state index < -0.39 is 15.9 Å². The molecule has 32 heavy (non-hydrogen) atoms. The maximum absolute atomic E-state index is 12.9. The van der Waals surface area contributed by atoms with Crippen molar-refractivity contribution in [3.8, 4) is 0 Å². The standard InChI is InChI=1S/C22H27N5O4S/c1-25-11-13-26(14-12-25)19-7-5-18(6-8-19)24-22(29)17-3-2-4-20(15-17)32(30,31)27-10-9-23-21(28)16-27/h2-8,15H,9-14,16H2,1H3,(H,23,28)(H,24,29). The number of carbonyl (C=O) groups is 2. The highest BCUT2D eigenvalue weighted by atomic mass is 32.2. The lowest BCUT2D eigenvalue weighted by Gasteiger charge is -2.34. The van der Waals surface area contributed by atoms with Crippen molar-refractivity contribution in [3.05, 3.63) is 54.1 Å². The molecular formula is C22H27N5O4S. The van der Waals surface area contributed by atoms with Crippen LogP contribution < -0.4 is 15.5 Å². The summed E-state index contributed by atoms with van der Waals surface area (Å²) in [6, 6.07) is 13.5. The summed E-state index contributed by atoms with van der Waals surface area (Å²) in [6.45, 7) is 4.19. The van der Waals surface area contributed by atoms with E-state index in [4.69, 9.17) is 0 Å². The number of nitrogens with zero attached hydrogens (tertiary/aromatic N) is 3. The van der Waals surface area contributed by atoms with Gasteiger partial charge in [0.2, 0.25) is 15.9 Å². The number of hydrogen-bond acceptors (Lipinski definition) is 6. The number of nitrogens with one attached hydrogen (secondary N) is 2. The summed E-state index contributed by atoms with van der Waals surface area (Å²) in [7, 11) is -1.75. The molecule has 2 heterocycles. The van der Waals surface area contributed by atoms with Crippen LogP contribution in [0.3, 0.4) is 0 Å². The van der Waals surface area contributed by atoms with Gasteiger partial charge >= 0.3 is 0 Å². The molecule has 2 N–H and O–H groups in total. The molecule has 4 rings (SSSR count). The van der Waals surface area contributed by atoms with E-state index in [0.29, 0.717) is 5.69 Å². The Bertz CT molecular complexity index is 1100. The van der Waals surface area contributed by atoms with E-state index >= 15 is 0 Å². The predicted octanol–water partition coefficient (Wildman–Crippen LogP) is 0.811. The van der Waals surface area contributed by atoms with Crippen LogP contribution in [0.4, 0.5) is 11.4 Å². The van der Waals surface area contributed by atoms with E-state index in [9.17, 15) is 18.0 Å². The van der Waals surface area contributed by atoms with E-state index in [0.717, 1.165) is 36.2 Å². The Balaban J connectivity index is 1.44. The molecular weight excluding hydrogens is 430 g/mol. The maximum Gasteiger partial charge on any atom is 0.255 e. The number of piperazine rings is 2. The lowest BCUT2D eigenvalue weighted by Crippen LogP contribution is -2.49.